The zero-order valence-electron chi connectivity index (χ0n) is 16.1. The molecule has 1 fully saturated rings. The van der Waals surface area contributed by atoms with Crippen LogP contribution in [0, 0.1) is 0 Å². The van der Waals surface area contributed by atoms with Gasteiger partial charge < -0.3 is 29.2 Å². The van der Waals surface area contributed by atoms with E-state index in [-0.39, 0.29) is 26.0 Å². The van der Waals surface area contributed by atoms with Crippen LogP contribution in [-0.4, -0.2) is 81.1 Å². The molecule has 0 bridgehead atoms. The second-order valence-electron chi connectivity index (χ2n) is 6.53. The normalized spacial score (nSPS) is 15.9. The number of carbonyl (C=O) groups is 2. The van der Waals surface area contributed by atoms with Crippen molar-refractivity contribution in [1.82, 2.24) is 15.1 Å². The van der Waals surface area contributed by atoms with E-state index in [0.717, 1.165) is 25.2 Å². The Balaban J connectivity index is 1.60. The minimum absolute atomic E-state index is 0.151. The van der Waals surface area contributed by atoms with Crippen molar-refractivity contribution in [3.05, 3.63) is 23.8 Å². The van der Waals surface area contributed by atoms with Crippen LogP contribution in [-0.2, 0) is 20.8 Å². The smallest absolute Gasteiger partial charge is 0.325 e. The fourth-order valence-electron chi connectivity index (χ4n) is 3.07. The first-order chi connectivity index (χ1) is 13.7. The standard InChI is InChI=1S/C19H27N3O6/c1-2-26-18(23)12-20-19(24)22(6-5-21-7-9-25-10-8-21)13-15-3-4-16-17(11-15)28-14-27-16/h3-4,11H,2,5-10,12-14H2,1H3,(H,20,24). The van der Waals surface area contributed by atoms with Gasteiger partial charge in [-0.1, -0.05) is 6.07 Å². The zero-order chi connectivity index (χ0) is 19.8. The van der Waals surface area contributed by atoms with Gasteiger partial charge in [-0.25, -0.2) is 4.79 Å². The number of nitrogens with one attached hydrogen (secondary N) is 1. The van der Waals surface area contributed by atoms with Gasteiger partial charge in [0.15, 0.2) is 11.5 Å². The Morgan fingerprint density at radius 2 is 2.00 bits per heavy atom. The van der Waals surface area contributed by atoms with Gasteiger partial charge in [-0.3, -0.25) is 9.69 Å². The van der Waals surface area contributed by atoms with E-state index in [2.05, 4.69) is 10.2 Å². The maximum atomic E-state index is 12.7. The molecule has 2 amide bonds. The lowest BCUT2D eigenvalue weighted by molar-refractivity contribution is -0.141. The minimum Gasteiger partial charge on any atom is -0.465 e. The highest BCUT2D eigenvalue weighted by Gasteiger charge is 2.20. The number of benzene rings is 1. The molecule has 1 saturated heterocycles. The lowest BCUT2D eigenvalue weighted by Gasteiger charge is -2.30. The van der Waals surface area contributed by atoms with Crippen LogP contribution < -0.4 is 14.8 Å². The molecule has 9 heteroatoms. The maximum absolute atomic E-state index is 12.7. The molecule has 1 aromatic rings. The van der Waals surface area contributed by atoms with E-state index in [9.17, 15) is 9.59 Å². The summed E-state index contributed by atoms with van der Waals surface area (Å²) in [6.45, 7) is 6.85. The van der Waals surface area contributed by atoms with Gasteiger partial charge in [-0.05, 0) is 24.6 Å². The summed E-state index contributed by atoms with van der Waals surface area (Å²) in [7, 11) is 0. The van der Waals surface area contributed by atoms with Crippen molar-refractivity contribution in [1.29, 1.82) is 0 Å². The molecule has 154 valence electrons. The minimum atomic E-state index is -0.452. The quantitative estimate of drug-likeness (QED) is 0.654. The lowest BCUT2D eigenvalue weighted by Crippen LogP contribution is -2.46. The lowest BCUT2D eigenvalue weighted by atomic mass is 10.2. The fraction of sp³-hybridized carbons (Fsp3) is 0.579. The van der Waals surface area contributed by atoms with Crippen LogP contribution in [0.25, 0.3) is 0 Å². The predicted molar refractivity (Wildman–Crippen MR) is 100 cm³/mol. The Kier molecular flexibility index (Phi) is 7.32. The number of urea groups is 1. The fourth-order valence-corrected chi connectivity index (χ4v) is 3.07. The molecule has 0 saturated carbocycles. The van der Waals surface area contributed by atoms with E-state index in [1.807, 2.05) is 18.2 Å². The molecule has 0 spiro atoms. The number of ether oxygens (including phenoxy) is 4. The second-order valence-corrected chi connectivity index (χ2v) is 6.53. The monoisotopic (exact) mass is 393 g/mol. The Morgan fingerprint density at radius 3 is 2.79 bits per heavy atom. The summed E-state index contributed by atoms with van der Waals surface area (Å²) >= 11 is 0. The van der Waals surface area contributed by atoms with Gasteiger partial charge in [0.1, 0.15) is 6.54 Å². The molecule has 0 atom stereocenters. The zero-order valence-corrected chi connectivity index (χ0v) is 16.1. The highest BCUT2D eigenvalue weighted by atomic mass is 16.7. The van der Waals surface area contributed by atoms with Gasteiger partial charge in [-0.15, -0.1) is 0 Å². The van der Waals surface area contributed by atoms with E-state index < -0.39 is 5.97 Å². The second kappa shape index (κ2) is 10.1. The SMILES string of the molecule is CCOC(=O)CNC(=O)N(CCN1CCOCC1)Cc1ccc2c(c1)OCO2. The Labute approximate surface area is 164 Å². The predicted octanol–water partition coefficient (Wildman–Crippen LogP) is 0.822. The molecule has 0 aliphatic carbocycles. The topological polar surface area (TPSA) is 89.6 Å². The van der Waals surface area contributed by atoms with Crippen molar-refractivity contribution in [2.45, 2.75) is 13.5 Å². The van der Waals surface area contributed by atoms with Crippen LogP contribution in [0.4, 0.5) is 4.79 Å². The average molecular weight is 393 g/mol. The molecule has 0 aromatic heterocycles. The van der Waals surface area contributed by atoms with E-state index in [1.54, 1.807) is 11.8 Å². The molecular formula is C19H27N3O6. The third-order valence-corrected chi connectivity index (χ3v) is 4.58. The van der Waals surface area contributed by atoms with Crippen LogP contribution >= 0.6 is 0 Å². The molecule has 2 aliphatic heterocycles. The number of nitrogens with zero attached hydrogens (tertiary/aromatic N) is 2. The number of amides is 2. The summed E-state index contributed by atoms with van der Waals surface area (Å²) in [5.41, 5.74) is 0.928. The van der Waals surface area contributed by atoms with Gasteiger partial charge in [0, 0.05) is 32.7 Å². The van der Waals surface area contributed by atoms with Crippen molar-refractivity contribution in [2.24, 2.45) is 0 Å². The Hall–Kier alpha value is -2.52. The Bertz CT molecular complexity index is 678. The summed E-state index contributed by atoms with van der Waals surface area (Å²) in [6, 6.07) is 5.32. The molecule has 2 aliphatic rings. The molecular weight excluding hydrogens is 366 g/mol. The third kappa shape index (κ3) is 5.74. The van der Waals surface area contributed by atoms with Gasteiger partial charge in [-0.2, -0.15) is 0 Å². The number of hydrogen-bond acceptors (Lipinski definition) is 7. The molecule has 1 N–H and O–H groups in total. The number of carbonyl (C=O) groups excluding carboxylic acids is 2. The molecule has 3 rings (SSSR count). The summed E-state index contributed by atoms with van der Waals surface area (Å²) in [6.07, 6.45) is 0. The van der Waals surface area contributed by atoms with Gasteiger partial charge in [0.05, 0.1) is 19.8 Å². The van der Waals surface area contributed by atoms with Crippen molar-refractivity contribution in [3.8, 4) is 11.5 Å². The van der Waals surface area contributed by atoms with Crippen molar-refractivity contribution in [2.75, 3.05) is 59.3 Å². The van der Waals surface area contributed by atoms with Gasteiger partial charge in [0.2, 0.25) is 6.79 Å². The van der Waals surface area contributed by atoms with E-state index in [1.165, 1.54) is 0 Å². The number of morpholine rings is 1. The van der Waals surface area contributed by atoms with Crippen molar-refractivity contribution in [3.63, 3.8) is 0 Å². The summed E-state index contributed by atoms with van der Waals surface area (Å²) < 4.78 is 21.0. The van der Waals surface area contributed by atoms with Crippen LogP contribution in [0.1, 0.15) is 12.5 Å². The number of hydrogen-bond donors (Lipinski definition) is 1. The molecule has 9 nitrogen and oxygen atoms in total. The highest BCUT2D eigenvalue weighted by molar-refractivity contribution is 5.80. The molecule has 0 unspecified atom stereocenters. The first kappa shape index (κ1) is 20.2. The van der Waals surface area contributed by atoms with Crippen LogP contribution in [0.3, 0.4) is 0 Å². The van der Waals surface area contributed by atoms with Crippen molar-refractivity contribution < 1.29 is 28.5 Å². The first-order valence-corrected chi connectivity index (χ1v) is 9.52. The van der Waals surface area contributed by atoms with E-state index in [0.29, 0.717) is 37.8 Å². The van der Waals surface area contributed by atoms with Gasteiger partial charge >= 0.3 is 12.0 Å². The summed E-state index contributed by atoms with van der Waals surface area (Å²) in [5.74, 6) is 0.931. The maximum Gasteiger partial charge on any atom is 0.325 e. The average Bonchev–Trinajstić information content (AvgIpc) is 3.18. The highest BCUT2D eigenvalue weighted by Crippen LogP contribution is 2.32. The molecule has 2 heterocycles. The molecule has 28 heavy (non-hydrogen) atoms. The molecule has 0 radical (unpaired) electrons. The van der Waals surface area contributed by atoms with Crippen molar-refractivity contribution >= 4 is 12.0 Å². The third-order valence-electron chi connectivity index (χ3n) is 4.58. The molecule has 1 aromatic carbocycles. The summed E-state index contributed by atoms with van der Waals surface area (Å²) in [4.78, 5) is 28.2. The number of rotatable bonds is 8. The van der Waals surface area contributed by atoms with Gasteiger partial charge in [0.25, 0.3) is 0 Å². The van der Waals surface area contributed by atoms with Crippen LogP contribution in [0.15, 0.2) is 18.2 Å². The number of esters is 1. The van der Waals surface area contributed by atoms with Crippen LogP contribution in [0.2, 0.25) is 0 Å². The summed E-state index contributed by atoms with van der Waals surface area (Å²) in [5, 5.41) is 2.64. The van der Waals surface area contributed by atoms with E-state index in [4.69, 9.17) is 18.9 Å². The first-order valence-electron chi connectivity index (χ1n) is 9.52. The van der Waals surface area contributed by atoms with E-state index >= 15 is 0 Å². The Morgan fingerprint density at radius 1 is 1.21 bits per heavy atom. The van der Waals surface area contributed by atoms with Crippen LogP contribution in [0.5, 0.6) is 11.5 Å². The number of fused-ring (bicyclic) bond motifs is 1. The largest absolute Gasteiger partial charge is 0.465 e.